The quantitative estimate of drug-likeness (QED) is 0.500. The second kappa shape index (κ2) is 5.88. The summed E-state index contributed by atoms with van der Waals surface area (Å²) in [7, 11) is 0. The molecule has 0 aliphatic rings. The number of anilines is 1. The van der Waals surface area contributed by atoms with Gasteiger partial charge in [0.15, 0.2) is 0 Å². The zero-order valence-electron chi connectivity index (χ0n) is 9.58. The maximum absolute atomic E-state index is 5.56. The summed E-state index contributed by atoms with van der Waals surface area (Å²) in [5, 5.41) is 4.09. The van der Waals surface area contributed by atoms with Gasteiger partial charge in [0, 0.05) is 11.8 Å². The number of nitrogens with zero attached hydrogens (tertiary/aromatic N) is 2. The fraction of sp³-hybridized carbons (Fsp3) is 0. The van der Waals surface area contributed by atoms with Gasteiger partial charge in [0.2, 0.25) is 0 Å². The maximum Gasteiger partial charge on any atom is 0.146 e. The van der Waals surface area contributed by atoms with E-state index in [0.29, 0.717) is 10.8 Å². The van der Waals surface area contributed by atoms with E-state index in [9.17, 15) is 0 Å². The summed E-state index contributed by atoms with van der Waals surface area (Å²) in [4.78, 5) is 4.47. The molecule has 0 saturated heterocycles. The van der Waals surface area contributed by atoms with Crippen molar-refractivity contribution in [1.82, 2.24) is 4.98 Å². The Morgan fingerprint density at radius 2 is 2.17 bits per heavy atom. The molecule has 0 amide bonds. The van der Waals surface area contributed by atoms with Gasteiger partial charge < -0.3 is 5.73 Å². The molecule has 0 fully saturated rings. The molecule has 0 atom stereocenters. The molecule has 4 nitrogen and oxygen atoms in total. The molecule has 1 aromatic heterocycles. The largest absolute Gasteiger partial charge is 0.389 e. The summed E-state index contributed by atoms with van der Waals surface area (Å²) in [6.45, 7) is 0. The van der Waals surface area contributed by atoms with E-state index < -0.39 is 0 Å². The Morgan fingerprint density at radius 3 is 2.89 bits per heavy atom. The van der Waals surface area contributed by atoms with Crippen LogP contribution < -0.4 is 11.2 Å². The van der Waals surface area contributed by atoms with Gasteiger partial charge in [-0.25, -0.2) is 4.98 Å². The van der Waals surface area contributed by atoms with Gasteiger partial charge in [-0.3, -0.25) is 5.43 Å². The molecule has 0 spiro atoms. The summed E-state index contributed by atoms with van der Waals surface area (Å²) in [5.74, 6) is 0.694. The Morgan fingerprint density at radius 1 is 1.28 bits per heavy atom. The van der Waals surface area contributed by atoms with Gasteiger partial charge in [0.25, 0.3) is 0 Å². The molecular formula is C13H12N4S. The van der Waals surface area contributed by atoms with Crippen LogP contribution in [0.4, 0.5) is 5.82 Å². The van der Waals surface area contributed by atoms with Crippen molar-refractivity contribution in [1.29, 1.82) is 0 Å². The minimum Gasteiger partial charge on any atom is -0.389 e. The lowest BCUT2D eigenvalue weighted by molar-refractivity contribution is 1.23. The zero-order valence-corrected chi connectivity index (χ0v) is 10.4. The Bertz CT molecular complexity index is 566. The van der Waals surface area contributed by atoms with Crippen LogP contribution in [-0.4, -0.2) is 16.2 Å². The molecule has 18 heavy (non-hydrogen) atoms. The lowest BCUT2D eigenvalue weighted by Gasteiger charge is -2.00. The van der Waals surface area contributed by atoms with Crippen LogP contribution in [0.5, 0.6) is 0 Å². The summed E-state index contributed by atoms with van der Waals surface area (Å²) >= 11 is 4.92. The Hall–Kier alpha value is -2.27. The standard InChI is InChI=1S/C13H12N4S/c14-13(18)11-5-3-4-10(8-11)9-16-17-12-6-1-2-7-15-12/h1-9H,(H2,14,18)(H,15,17). The Labute approximate surface area is 111 Å². The number of hydrazone groups is 1. The van der Waals surface area contributed by atoms with Crippen LogP contribution in [0, 0.1) is 0 Å². The van der Waals surface area contributed by atoms with Crippen LogP contribution in [0.25, 0.3) is 0 Å². The lowest BCUT2D eigenvalue weighted by atomic mass is 10.1. The van der Waals surface area contributed by atoms with Crippen molar-refractivity contribution in [3.63, 3.8) is 0 Å². The first-order valence-electron chi connectivity index (χ1n) is 5.36. The van der Waals surface area contributed by atoms with Gasteiger partial charge in [-0.1, -0.05) is 36.5 Å². The molecule has 0 radical (unpaired) electrons. The van der Waals surface area contributed by atoms with Crippen molar-refractivity contribution in [2.45, 2.75) is 0 Å². The molecule has 2 rings (SSSR count). The summed E-state index contributed by atoms with van der Waals surface area (Å²) in [6, 6.07) is 13.1. The van der Waals surface area contributed by atoms with E-state index in [1.165, 1.54) is 0 Å². The van der Waals surface area contributed by atoms with Crippen LogP contribution in [-0.2, 0) is 0 Å². The van der Waals surface area contributed by atoms with Crippen molar-refractivity contribution >= 4 is 29.2 Å². The van der Waals surface area contributed by atoms with Gasteiger partial charge in [0.1, 0.15) is 10.8 Å². The molecule has 1 aromatic carbocycles. The van der Waals surface area contributed by atoms with Gasteiger partial charge in [-0.2, -0.15) is 5.10 Å². The number of hydrogen-bond acceptors (Lipinski definition) is 4. The van der Waals surface area contributed by atoms with E-state index in [4.69, 9.17) is 18.0 Å². The highest BCUT2D eigenvalue weighted by Gasteiger charge is 1.96. The van der Waals surface area contributed by atoms with E-state index in [1.807, 2.05) is 42.5 Å². The second-order valence-corrected chi connectivity index (χ2v) is 4.01. The van der Waals surface area contributed by atoms with Crippen LogP contribution in [0.15, 0.2) is 53.8 Å². The smallest absolute Gasteiger partial charge is 0.146 e. The SMILES string of the molecule is NC(=S)c1cccc(C=NNc2ccccn2)c1. The van der Waals surface area contributed by atoms with Crippen molar-refractivity contribution in [2.24, 2.45) is 10.8 Å². The van der Waals surface area contributed by atoms with Crippen molar-refractivity contribution in [2.75, 3.05) is 5.43 Å². The third-order valence-corrected chi connectivity index (χ3v) is 2.46. The molecule has 0 aliphatic carbocycles. The minimum absolute atomic E-state index is 0.378. The van der Waals surface area contributed by atoms with Crippen LogP contribution in [0.1, 0.15) is 11.1 Å². The van der Waals surface area contributed by atoms with E-state index >= 15 is 0 Å². The molecule has 2 aromatic rings. The van der Waals surface area contributed by atoms with Gasteiger partial charge in [0.05, 0.1) is 6.21 Å². The molecule has 3 N–H and O–H groups in total. The summed E-state index contributed by atoms with van der Waals surface area (Å²) in [6.07, 6.45) is 3.39. The normalized spacial score (nSPS) is 10.4. The minimum atomic E-state index is 0.378. The van der Waals surface area contributed by atoms with Crippen molar-refractivity contribution in [3.05, 3.63) is 59.8 Å². The average Bonchev–Trinajstić information content (AvgIpc) is 2.40. The highest BCUT2D eigenvalue weighted by Crippen LogP contribution is 2.04. The highest BCUT2D eigenvalue weighted by atomic mass is 32.1. The Balaban J connectivity index is 2.05. The van der Waals surface area contributed by atoms with Gasteiger partial charge in [-0.15, -0.1) is 0 Å². The highest BCUT2D eigenvalue weighted by molar-refractivity contribution is 7.80. The first-order chi connectivity index (χ1) is 8.75. The molecule has 0 saturated carbocycles. The zero-order chi connectivity index (χ0) is 12.8. The van der Waals surface area contributed by atoms with E-state index in [0.717, 1.165) is 11.1 Å². The van der Waals surface area contributed by atoms with Crippen LogP contribution >= 0.6 is 12.2 Å². The predicted molar refractivity (Wildman–Crippen MR) is 77.8 cm³/mol. The van der Waals surface area contributed by atoms with E-state index in [1.54, 1.807) is 12.4 Å². The first-order valence-corrected chi connectivity index (χ1v) is 5.76. The number of pyridine rings is 1. The number of aromatic nitrogens is 1. The summed E-state index contributed by atoms with van der Waals surface area (Å²) < 4.78 is 0. The maximum atomic E-state index is 5.56. The number of nitrogens with two attached hydrogens (primary N) is 1. The number of thiocarbonyl (C=S) groups is 1. The number of nitrogens with one attached hydrogen (secondary N) is 1. The van der Waals surface area contributed by atoms with Gasteiger partial charge in [-0.05, 0) is 23.8 Å². The molecule has 90 valence electrons. The van der Waals surface area contributed by atoms with Gasteiger partial charge >= 0.3 is 0 Å². The van der Waals surface area contributed by atoms with E-state index in [-0.39, 0.29) is 0 Å². The number of hydrogen-bond donors (Lipinski definition) is 2. The predicted octanol–water partition coefficient (Wildman–Crippen LogP) is 2.16. The Kier molecular flexibility index (Phi) is 3.98. The average molecular weight is 256 g/mol. The third-order valence-electron chi connectivity index (χ3n) is 2.23. The van der Waals surface area contributed by atoms with Crippen molar-refractivity contribution < 1.29 is 0 Å². The molecule has 0 aliphatic heterocycles. The first kappa shape index (κ1) is 12.2. The summed E-state index contributed by atoms with van der Waals surface area (Å²) in [5.41, 5.74) is 10.1. The monoisotopic (exact) mass is 256 g/mol. The lowest BCUT2D eigenvalue weighted by Crippen LogP contribution is -2.09. The third kappa shape index (κ3) is 3.36. The number of rotatable bonds is 4. The van der Waals surface area contributed by atoms with Crippen LogP contribution in [0.2, 0.25) is 0 Å². The fourth-order valence-electron chi connectivity index (χ4n) is 1.37. The number of benzene rings is 1. The fourth-order valence-corrected chi connectivity index (χ4v) is 1.50. The molecule has 0 bridgehead atoms. The molecule has 1 heterocycles. The van der Waals surface area contributed by atoms with E-state index in [2.05, 4.69) is 15.5 Å². The van der Waals surface area contributed by atoms with Crippen LogP contribution in [0.3, 0.4) is 0 Å². The topological polar surface area (TPSA) is 63.3 Å². The molecular weight excluding hydrogens is 244 g/mol. The molecule has 5 heteroatoms. The molecule has 0 unspecified atom stereocenters. The van der Waals surface area contributed by atoms with Crippen molar-refractivity contribution in [3.8, 4) is 0 Å². The second-order valence-electron chi connectivity index (χ2n) is 3.57.